The number of carbonyl (C=O) groups excluding carboxylic acids is 2. The highest BCUT2D eigenvalue weighted by Gasteiger charge is 2.22. The molecule has 0 aromatic heterocycles. The average Bonchev–Trinajstić information content (AvgIpc) is 2.23. The molecule has 0 aliphatic rings. The standard InChI is InChI=1S/C82H148NO8P/c1-6-8-10-12-14-16-18-20-22-24-26-28-30-32-34-35-36-37-38-39-40-41-42-43-44-45-46-47-49-51-53-55-57-59-61-63-65-67-69-71-73-75-82(85)91-80(79-90-92(86,87)89-77-76-83(3,4)5)78-88-81(84)74-72-70-68-66-64-62-60-58-56-54-52-50-48-33-31-29-27-25-23-21-19-17-15-13-11-9-7-2/h8,10,14,16,20,22,26,28,32,34,36-37,39-40,42-43,80H,6-7,9,11-13,15,17-19,21,23-25,27,29-31,33,35,38,41,44-79H2,1-5H3/b10-8-,16-14-,22-20-,28-26-,34-32-,37-36-,40-39-,43-42-. The molecule has 10 heteroatoms. The van der Waals surface area contributed by atoms with E-state index in [9.17, 15) is 19.0 Å². The number of likely N-dealkylation sites (N-methyl/N-ethyl adjacent to an activating group) is 1. The lowest BCUT2D eigenvalue weighted by Crippen LogP contribution is -2.37. The third-order valence-corrected chi connectivity index (χ3v) is 18.1. The number of quaternary nitrogens is 1. The highest BCUT2D eigenvalue weighted by molar-refractivity contribution is 7.45. The van der Waals surface area contributed by atoms with E-state index in [1.807, 2.05) is 21.1 Å². The van der Waals surface area contributed by atoms with Crippen molar-refractivity contribution in [2.24, 2.45) is 0 Å². The predicted octanol–water partition coefficient (Wildman–Crippen LogP) is 25.2. The van der Waals surface area contributed by atoms with Crippen LogP contribution in [0.25, 0.3) is 0 Å². The molecule has 2 atom stereocenters. The fourth-order valence-electron chi connectivity index (χ4n) is 11.2. The Morgan fingerprint density at radius 1 is 0.348 bits per heavy atom. The number of phosphoric ester groups is 1. The molecule has 0 amide bonds. The van der Waals surface area contributed by atoms with Gasteiger partial charge in [0.05, 0.1) is 27.7 Å². The van der Waals surface area contributed by atoms with E-state index in [4.69, 9.17) is 18.5 Å². The molecule has 534 valence electrons. The van der Waals surface area contributed by atoms with Crippen LogP contribution in [0.2, 0.25) is 0 Å². The first-order valence-corrected chi connectivity index (χ1v) is 40.4. The third-order valence-electron chi connectivity index (χ3n) is 17.1. The summed E-state index contributed by atoms with van der Waals surface area (Å²) in [5.74, 6) is -0.817. The number of ether oxygens (including phenoxy) is 2. The lowest BCUT2D eigenvalue weighted by molar-refractivity contribution is -0.870. The molecule has 0 spiro atoms. The van der Waals surface area contributed by atoms with E-state index < -0.39 is 26.5 Å². The molecule has 0 saturated heterocycles. The van der Waals surface area contributed by atoms with Crippen molar-refractivity contribution in [3.63, 3.8) is 0 Å². The van der Waals surface area contributed by atoms with Gasteiger partial charge in [-0.1, -0.05) is 368 Å². The van der Waals surface area contributed by atoms with Gasteiger partial charge in [0.1, 0.15) is 19.8 Å². The van der Waals surface area contributed by atoms with Crippen LogP contribution in [0.15, 0.2) is 97.2 Å². The Hall–Kier alpha value is -3.07. The van der Waals surface area contributed by atoms with Crippen LogP contribution in [-0.4, -0.2) is 70.0 Å². The largest absolute Gasteiger partial charge is 0.756 e. The quantitative estimate of drug-likeness (QED) is 0.0195. The van der Waals surface area contributed by atoms with E-state index in [1.54, 1.807) is 0 Å². The first-order valence-electron chi connectivity index (χ1n) is 38.9. The summed E-state index contributed by atoms with van der Waals surface area (Å²) in [7, 11) is 1.18. The van der Waals surface area contributed by atoms with Crippen LogP contribution in [0.3, 0.4) is 0 Å². The van der Waals surface area contributed by atoms with Crippen molar-refractivity contribution in [2.45, 2.75) is 367 Å². The molecule has 92 heavy (non-hydrogen) atoms. The second-order valence-corrected chi connectivity index (χ2v) is 28.8. The van der Waals surface area contributed by atoms with Crippen molar-refractivity contribution >= 4 is 19.8 Å². The molecule has 0 aliphatic heterocycles. The minimum Gasteiger partial charge on any atom is -0.756 e. The Morgan fingerprint density at radius 2 is 0.620 bits per heavy atom. The summed E-state index contributed by atoms with van der Waals surface area (Å²) in [5.41, 5.74) is 0. The number of hydrogen-bond donors (Lipinski definition) is 0. The van der Waals surface area contributed by atoms with Gasteiger partial charge < -0.3 is 27.9 Å². The molecule has 0 heterocycles. The topological polar surface area (TPSA) is 111 Å². The Labute approximate surface area is 570 Å². The van der Waals surface area contributed by atoms with E-state index in [0.29, 0.717) is 17.4 Å². The summed E-state index contributed by atoms with van der Waals surface area (Å²) in [6, 6.07) is 0. The molecular weight excluding hydrogens is 1160 g/mol. The fourth-order valence-corrected chi connectivity index (χ4v) is 11.9. The van der Waals surface area contributed by atoms with Crippen molar-refractivity contribution in [3.05, 3.63) is 97.2 Å². The highest BCUT2D eigenvalue weighted by atomic mass is 31.2. The fraction of sp³-hybridized carbons (Fsp3) is 0.780. The Bertz CT molecular complexity index is 1880. The van der Waals surface area contributed by atoms with Gasteiger partial charge in [-0.3, -0.25) is 14.2 Å². The van der Waals surface area contributed by atoms with Crippen LogP contribution in [-0.2, 0) is 32.7 Å². The smallest absolute Gasteiger partial charge is 0.306 e. The van der Waals surface area contributed by atoms with Gasteiger partial charge in [0.15, 0.2) is 6.10 Å². The zero-order valence-corrected chi connectivity index (χ0v) is 61.9. The maximum absolute atomic E-state index is 12.9. The zero-order valence-electron chi connectivity index (χ0n) is 61.0. The van der Waals surface area contributed by atoms with Crippen LogP contribution >= 0.6 is 7.82 Å². The van der Waals surface area contributed by atoms with Gasteiger partial charge in [0, 0.05) is 12.8 Å². The zero-order chi connectivity index (χ0) is 66.9. The lowest BCUT2D eigenvalue weighted by Gasteiger charge is -2.28. The summed E-state index contributed by atoms with van der Waals surface area (Å²) in [4.78, 5) is 38.1. The molecule has 0 saturated carbocycles. The van der Waals surface area contributed by atoms with Crippen molar-refractivity contribution in [1.29, 1.82) is 0 Å². The summed E-state index contributed by atoms with van der Waals surface area (Å²) in [6.45, 7) is 4.18. The molecule has 0 rings (SSSR count). The van der Waals surface area contributed by atoms with Crippen LogP contribution in [0.4, 0.5) is 0 Å². The minimum atomic E-state index is -4.65. The van der Waals surface area contributed by atoms with Crippen LogP contribution < -0.4 is 4.89 Å². The van der Waals surface area contributed by atoms with Gasteiger partial charge in [-0.05, 0) is 77.0 Å². The number of nitrogens with zero attached hydrogens (tertiary/aromatic N) is 1. The number of carbonyl (C=O) groups is 2. The maximum atomic E-state index is 12.9. The number of rotatable bonds is 72. The number of hydrogen-bond acceptors (Lipinski definition) is 8. The second kappa shape index (κ2) is 72.2. The van der Waals surface area contributed by atoms with E-state index in [2.05, 4.69) is 111 Å². The van der Waals surface area contributed by atoms with Gasteiger partial charge in [-0.2, -0.15) is 0 Å². The first-order chi connectivity index (χ1) is 45.0. The molecule has 0 N–H and O–H groups in total. The molecule has 0 aromatic carbocycles. The SMILES string of the molecule is CC/C=C\C/C=C\C/C=C\C/C=C\C/C=C\C/C=C\C/C=C\C/C=C\CCCCCCCCCCCCCCCCCCC(=O)OC(COC(=O)CCCCCCCCCCCCCCCCCCCCCCCCCCCCC)COP(=O)([O-])OCC[N+](C)(C)C. The summed E-state index contributed by atoms with van der Waals surface area (Å²) in [5, 5.41) is 0. The molecule has 0 bridgehead atoms. The van der Waals surface area contributed by atoms with Crippen molar-refractivity contribution < 1.29 is 42.1 Å². The Kier molecular flexibility index (Phi) is 69.8. The molecule has 2 unspecified atom stereocenters. The number of unbranched alkanes of at least 4 members (excludes halogenated alkanes) is 42. The van der Waals surface area contributed by atoms with Crippen LogP contribution in [0.5, 0.6) is 0 Å². The molecule has 9 nitrogen and oxygen atoms in total. The van der Waals surface area contributed by atoms with E-state index in [-0.39, 0.29) is 32.0 Å². The lowest BCUT2D eigenvalue weighted by atomic mass is 10.0. The number of allylic oxidation sites excluding steroid dienone is 16. The molecule has 0 radical (unpaired) electrons. The Morgan fingerprint density at radius 3 is 0.924 bits per heavy atom. The van der Waals surface area contributed by atoms with Gasteiger partial charge in [0.25, 0.3) is 7.82 Å². The Balaban J connectivity index is 3.97. The van der Waals surface area contributed by atoms with Crippen molar-refractivity contribution in [3.8, 4) is 0 Å². The van der Waals surface area contributed by atoms with E-state index in [1.165, 1.54) is 238 Å². The number of esters is 2. The monoisotopic (exact) mass is 1310 g/mol. The number of phosphoric acid groups is 1. The van der Waals surface area contributed by atoms with Gasteiger partial charge >= 0.3 is 11.9 Å². The van der Waals surface area contributed by atoms with Gasteiger partial charge in [-0.25, -0.2) is 0 Å². The highest BCUT2D eigenvalue weighted by Crippen LogP contribution is 2.38. The van der Waals surface area contributed by atoms with E-state index >= 15 is 0 Å². The third kappa shape index (κ3) is 76.0. The molecule has 0 aromatic rings. The van der Waals surface area contributed by atoms with Crippen LogP contribution in [0.1, 0.15) is 361 Å². The van der Waals surface area contributed by atoms with Crippen LogP contribution in [0, 0.1) is 0 Å². The van der Waals surface area contributed by atoms with E-state index in [0.717, 1.165) is 89.9 Å². The summed E-state index contributed by atoms with van der Waals surface area (Å²) in [6.07, 6.45) is 101. The second-order valence-electron chi connectivity index (χ2n) is 27.4. The molecular formula is C82H148NO8P. The van der Waals surface area contributed by atoms with Gasteiger partial charge in [0.2, 0.25) is 0 Å². The minimum absolute atomic E-state index is 0.0308. The molecule has 0 fully saturated rings. The van der Waals surface area contributed by atoms with Gasteiger partial charge in [-0.15, -0.1) is 0 Å². The summed E-state index contributed by atoms with van der Waals surface area (Å²) >= 11 is 0. The van der Waals surface area contributed by atoms with Crippen molar-refractivity contribution in [1.82, 2.24) is 0 Å². The van der Waals surface area contributed by atoms with Crippen molar-refractivity contribution in [2.75, 3.05) is 47.5 Å². The maximum Gasteiger partial charge on any atom is 0.306 e. The summed E-state index contributed by atoms with van der Waals surface area (Å²) < 4.78 is 34.4. The average molecular weight is 1310 g/mol. The normalized spacial score (nSPS) is 13.6. The molecule has 0 aliphatic carbocycles. The first kappa shape index (κ1) is 88.9. The predicted molar refractivity (Wildman–Crippen MR) is 397 cm³/mol.